The van der Waals surface area contributed by atoms with E-state index in [4.69, 9.17) is 35.8 Å². The summed E-state index contributed by atoms with van der Waals surface area (Å²) in [6, 6.07) is 6.26. The number of pyridine rings is 1. The molecule has 220 valence electrons. The Kier molecular flexibility index (Phi) is 7.21. The van der Waals surface area contributed by atoms with Crippen molar-refractivity contribution in [3.05, 3.63) is 69.2 Å². The predicted molar refractivity (Wildman–Crippen MR) is 155 cm³/mol. The van der Waals surface area contributed by atoms with Gasteiger partial charge in [-0.05, 0) is 37.1 Å². The van der Waals surface area contributed by atoms with Gasteiger partial charge < -0.3 is 19.1 Å². The van der Waals surface area contributed by atoms with Gasteiger partial charge in [-0.1, -0.05) is 11.6 Å². The molecule has 6 heterocycles. The van der Waals surface area contributed by atoms with Gasteiger partial charge in [0.2, 0.25) is 0 Å². The average Bonchev–Trinajstić information content (AvgIpc) is 3.76. The first-order valence-electron chi connectivity index (χ1n) is 14.3. The SMILES string of the molecule is COCC1(Cn2cc([C@H]3CN(c4cc5c(=O)n6c(nc5c(-c5ccc(Cl)cc5F)n4)CCC6)CCO3)cn2)CCOC1. The second kappa shape index (κ2) is 11.0. The Labute approximate surface area is 247 Å². The van der Waals surface area contributed by atoms with E-state index in [0.717, 1.165) is 25.0 Å². The molecule has 0 aliphatic carbocycles. The van der Waals surface area contributed by atoms with Crippen molar-refractivity contribution in [1.29, 1.82) is 0 Å². The van der Waals surface area contributed by atoms with Crippen LogP contribution in [0.15, 0.2) is 41.5 Å². The third-order valence-corrected chi connectivity index (χ3v) is 8.76. The molecule has 3 aromatic heterocycles. The minimum absolute atomic E-state index is 0.0951. The lowest BCUT2D eigenvalue weighted by Gasteiger charge is -2.33. The molecule has 0 radical (unpaired) electrons. The number of ether oxygens (including phenoxy) is 3. The van der Waals surface area contributed by atoms with Crippen LogP contribution in [-0.4, -0.2) is 70.9 Å². The van der Waals surface area contributed by atoms with E-state index in [0.29, 0.717) is 80.7 Å². The molecule has 2 saturated heterocycles. The summed E-state index contributed by atoms with van der Waals surface area (Å²) >= 11 is 6.05. The highest BCUT2D eigenvalue weighted by Crippen LogP contribution is 2.34. The molecule has 12 heteroatoms. The minimum Gasteiger partial charge on any atom is -0.384 e. The van der Waals surface area contributed by atoms with Crippen molar-refractivity contribution in [2.75, 3.05) is 51.5 Å². The van der Waals surface area contributed by atoms with Gasteiger partial charge in [-0.3, -0.25) is 14.0 Å². The molecule has 1 aromatic carbocycles. The number of nitrogens with zero attached hydrogens (tertiary/aromatic N) is 6. The maximum Gasteiger partial charge on any atom is 0.261 e. The van der Waals surface area contributed by atoms with Crippen LogP contribution in [0.5, 0.6) is 0 Å². The molecule has 0 N–H and O–H groups in total. The number of anilines is 1. The van der Waals surface area contributed by atoms with E-state index in [1.165, 1.54) is 6.07 Å². The quantitative estimate of drug-likeness (QED) is 0.317. The number of hydrogen-bond donors (Lipinski definition) is 0. The second-order valence-electron chi connectivity index (χ2n) is 11.5. The zero-order chi connectivity index (χ0) is 28.8. The van der Waals surface area contributed by atoms with Crippen LogP contribution in [0.1, 0.15) is 30.3 Å². The highest BCUT2D eigenvalue weighted by molar-refractivity contribution is 6.30. The van der Waals surface area contributed by atoms with Gasteiger partial charge in [0.25, 0.3) is 5.56 Å². The van der Waals surface area contributed by atoms with Crippen molar-refractivity contribution in [3.8, 4) is 11.3 Å². The van der Waals surface area contributed by atoms with Gasteiger partial charge in [0.05, 0.1) is 37.9 Å². The summed E-state index contributed by atoms with van der Waals surface area (Å²) < 4.78 is 36.2. The Bertz CT molecular complexity index is 1700. The van der Waals surface area contributed by atoms with E-state index in [-0.39, 0.29) is 27.7 Å². The summed E-state index contributed by atoms with van der Waals surface area (Å²) in [6.45, 7) is 4.83. The fourth-order valence-corrected chi connectivity index (χ4v) is 6.53. The fraction of sp³-hybridized carbons (Fsp3) is 0.467. The molecule has 1 unspecified atom stereocenters. The number of methoxy groups -OCH3 is 1. The molecule has 4 aromatic rings. The maximum absolute atomic E-state index is 15.2. The van der Waals surface area contributed by atoms with Crippen LogP contribution in [0.2, 0.25) is 5.02 Å². The van der Waals surface area contributed by atoms with Crippen LogP contribution in [0.4, 0.5) is 10.2 Å². The van der Waals surface area contributed by atoms with E-state index < -0.39 is 5.82 Å². The molecule has 42 heavy (non-hydrogen) atoms. The summed E-state index contributed by atoms with van der Waals surface area (Å²) in [6.07, 6.45) is 6.08. The van der Waals surface area contributed by atoms with Crippen molar-refractivity contribution in [3.63, 3.8) is 0 Å². The van der Waals surface area contributed by atoms with Gasteiger partial charge >= 0.3 is 0 Å². The van der Waals surface area contributed by atoms with Crippen LogP contribution in [0, 0.1) is 11.2 Å². The number of aryl methyl sites for hydroxylation is 1. The molecule has 0 amide bonds. The zero-order valence-electron chi connectivity index (χ0n) is 23.4. The summed E-state index contributed by atoms with van der Waals surface area (Å²) in [4.78, 5) is 25.4. The van der Waals surface area contributed by atoms with Gasteiger partial charge in [0, 0.05) is 67.5 Å². The van der Waals surface area contributed by atoms with Crippen LogP contribution in [0.25, 0.3) is 22.2 Å². The topological polar surface area (TPSA) is 96.5 Å². The van der Waals surface area contributed by atoms with Gasteiger partial charge in [-0.2, -0.15) is 5.10 Å². The Morgan fingerprint density at radius 2 is 2.12 bits per heavy atom. The second-order valence-corrected chi connectivity index (χ2v) is 11.9. The predicted octanol–water partition coefficient (Wildman–Crippen LogP) is 4.02. The highest BCUT2D eigenvalue weighted by Gasteiger charge is 2.36. The highest BCUT2D eigenvalue weighted by atomic mass is 35.5. The molecule has 7 rings (SSSR count). The van der Waals surface area contributed by atoms with Gasteiger partial charge in [0.15, 0.2) is 0 Å². The van der Waals surface area contributed by atoms with Gasteiger partial charge in [0.1, 0.15) is 34.8 Å². The third-order valence-electron chi connectivity index (χ3n) is 8.52. The molecule has 10 nitrogen and oxygen atoms in total. The van der Waals surface area contributed by atoms with E-state index in [9.17, 15) is 4.79 Å². The number of fused-ring (bicyclic) bond motifs is 2. The molecule has 3 aliphatic rings. The molecule has 2 fully saturated rings. The van der Waals surface area contributed by atoms with Crippen LogP contribution < -0.4 is 10.5 Å². The first kappa shape index (κ1) is 27.5. The summed E-state index contributed by atoms with van der Waals surface area (Å²) in [7, 11) is 1.71. The lowest BCUT2D eigenvalue weighted by atomic mass is 9.88. The number of benzene rings is 1. The summed E-state index contributed by atoms with van der Waals surface area (Å²) in [5, 5.41) is 5.33. The van der Waals surface area contributed by atoms with E-state index in [2.05, 4.69) is 10.00 Å². The van der Waals surface area contributed by atoms with Crippen molar-refractivity contribution in [2.24, 2.45) is 5.41 Å². The Morgan fingerprint density at radius 1 is 1.21 bits per heavy atom. The Hall–Kier alpha value is -3.38. The third kappa shape index (κ3) is 4.98. The fourth-order valence-electron chi connectivity index (χ4n) is 6.38. The largest absolute Gasteiger partial charge is 0.384 e. The number of rotatable bonds is 7. The van der Waals surface area contributed by atoms with Crippen molar-refractivity contribution in [2.45, 2.75) is 38.5 Å². The van der Waals surface area contributed by atoms with E-state index in [1.54, 1.807) is 29.9 Å². The normalized spacial score (nSPS) is 22.3. The molecular formula is C30H32ClFN6O4. The first-order valence-corrected chi connectivity index (χ1v) is 14.7. The smallest absolute Gasteiger partial charge is 0.261 e. The standard InChI is InChI=1S/C30H32ClFN6O4/c1-40-17-30(6-9-41-18-30)16-37-14-19(13-33-37)24-15-36(8-10-42-24)26-12-22-28(34-25-3-2-7-38(25)29(22)39)27(35-26)21-5-4-20(31)11-23(21)32/h4-5,11-14,24H,2-3,6-10,15-18H2,1H3/t24-,30?/m1/s1. The number of halogens is 2. The molecular weight excluding hydrogens is 563 g/mol. The van der Waals surface area contributed by atoms with Crippen LogP contribution in [-0.2, 0) is 33.7 Å². The first-order chi connectivity index (χ1) is 20.4. The Balaban J connectivity index is 1.23. The Morgan fingerprint density at radius 3 is 2.93 bits per heavy atom. The lowest BCUT2D eigenvalue weighted by Crippen LogP contribution is -2.39. The lowest BCUT2D eigenvalue weighted by molar-refractivity contribution is 0.0388. The van der Waals surface area contributed by atoms with Crippen molar-refractivity contribution < 1.29 is 18.6 Å². The summed E-state index contributed by atoms with van der Waals surface area (Å²) in [5.41, 5.74) is 1.73. The molecule has 0 saturated carbocycles. The monoisotopic (exact) mass is 594 g/mol. The number of morpholine rings is 1. The van der Waals surface area contributed by atoms with E-state index >= 15 is 4.39 Å². The maximum atomic E-state index is 15.2. The van der Waals surface area contributed by atoms with Crippen molar-refractivity contribution in [1.82, 2.24) is 24.3 Å². The minimum atomic E-state index is -0.512. The van der Waals surface area contributed by atoms with Gasteiger partial charge in [-0.25, -0.2) is 14.4 Å². The van der Waals surface area contributed by atoms with E-state index in [1.807, 2.05) is 17.1 Å². The number of hydrogen-bond acceptors (Lipinski definition) is 8. The summed E-state index contributed by atoms with van der Waals surface area (Å²) in [5.74, 6) is 0.770. The zero-order valence-corrected chi connectivity index (χ0v) is 24.1. The number of aromatic nitrogens is 5. The van der Waals surface area contributed by atoms with Crippen LogP contribution >= 0.6 is 11.6 Å². The molecule has 0 bridgehead atoms. The molecule has 2 atom stereocenters. The van der Waals surface area contributed by atoms with Gasteiger partial charge in [-0.15, -0.1) is 0 Å². The molecule has 0 spiro atoms. The van der Waals surface area contributed by atoms with Crippen molar-refractivity contribution >= 4 is 28.3 Å². The molecule has 3 aliphatic heterocycles. The van der Waals surface area contributed by atoms with Crippen LogP contribution in [0.3, 0.4) is 0 Å². The average molecular weight is 595 g/mol.